The fourth-order valence-corrected chi connectivity index (χ4v) is 5.18. The van der Waals surface area contributed by atoms with Gasteiger partial charge in [-0.3, -0.25) is 14.9 Å². The Balaban J connectivity index is 1.56. The van der Waals surface area contributed by atoms with Crippen LogP contribution < -0.4 is 10.0 Å². The molecule has 3 aromatic rings. The van der Waals surface area contributed by atoms with Crippen LogP contribution in [0.4, 0.5) is 11.5 Å². The Morgan fingerprint density at radius 3 is 2.48 bits per heavy atom. The van der Waals surface area contributed by atoms with E-state index >= 15 is 0 Å². The number of aryl methyl sites for hydroxylation is 1. The number of nitrogens with zero attached hydrogens (tertiary/aromatic N) is 3. The molecule has 0 radical (unpaired) electrons. The highest BCUT2D eigenvalue weighted by Crippen LogP contribution is 2.23. The van der Waals surface area contributed by atoms with Crippen LogP contribution in [0.15, 0.2) is 59.5 Å². The van der Waals surface area contributed by atoms with Crippen LogP contribution in [0, 0.1) is 17.0 Å². The van der Waals surface area contributed by atoms with E-state index in [2.05, 4.69) is 15.1 Å². The van der Waals surface area contributed by atoms with Crippen molar-refractivity contribution in [2.75, 3.05) is 5.32 Å². The predicted molar refractivity (Wildman–Crippen MR) is 122 cm³/mol. The minimum absolute atomic E-state index is 0.0297. The highest BCUT2D eigenvalue weighted by molar-refractivity contribution is 7.89. The Morgan fingerprint density at radius 2 is 1.82 bits per heavy atom. The number of sulfonamides is 1. The van der Waals surface area contributed by atoms with Gasteiger partial charge in [0.15, 0.2) is 0 Å². The lowest BCUT2D eigenvalue weighted by Crippen LogP contribution is -2.32. The smallest absolute Gasteiger partial charge is 0.269 e. The molecule has 1 aromatic heterocycles. The van der Waals surface area contributed by atoms with Gasteiger partial charge in [0.05, 0.1) is 21.2 Å². The minimum Gasteiger partial charge on any atom is -0.306 e. The molecular weight excluding hydrogens is 446 g/mol. The highest BCUT2D eigenvalue weighted by Gasteiger charge is 2.24. The quantitative estimate of drug-likeness (QED) is 0.401. The summed E-state index contributed by atoms with van der Waals surface area (Å²) in [6, 6.07) is 13.2. The summed E-state index contributed by atoms with van der Waals surface area (Å²) < 4.78 is 29.6. The summed E-state index contributed by atoms with van der Waals surface area (Å²) in [4.78, 5) is 23.3. The van der Waals surface area contributed by atoms with Gasteiger partial charge in [0.25, 0.3) is 11.6 Å². The summed E-state index contributed by atoms with van der Waals surface area (Å²) in [5.41, 5.74) is 1.28. The van der Waals surface area contributed by atoms with E-state index in [0.29, 0.717) is 17.2 Å². The summed E-state index contributed by atoms with van der Waals surface area (Å²) >= 11 is 0. The second kappa shape index (κ2) is 9.12. The van der Waals surface area contributed by atoms with Crippen LogP contribution >= 0.6 is 0 Å². The fraction of sp³-hybridized carbons (Fsp3) is 0.273. The average Bonchev–Trinajstić information content (AvgIpc) is 3.42. The Kier molecular flexibility index (Phi) is 6.25. The highest BCUT2D eigenvalue weighted by atomic mass is 32.2. The lowest BCUT2D eigenvalue weighted by molar-refractivity contribution is -0.384. The molecule has 4 rings (SSSR count). The van der Waals surface area contributed by atoms with E-state index in [1.54, 1.807) is 13.0 Å². The summed E-state index contributed by atoms with van der Waals surface area (Å²) in [6.45, 7) is 1.75. The van der Waals surface area contributed by atoms with Gasteiger partial charge in [-0.05, 0) is 50.1 Å². The molecule has 2 N–H and O–H groups in total. The maximum absolute atomic E-state index is 12.9. The number of carbonyl (C=O) groups is 1. The number of nitrogens with one attached hydrogen (secondary N) is 2. The first kappa shape index (κ1) is 22.6. The molecule has 1 aliphatic rings. The SMILES string of the molecule is Cc1cc(NC(=O)c2cccc(S(=O)(=O)NC3CCCC3)c2)n(-c2ccc([N+](=O)[O-])cc2)n1. The molecule has 1 amide bonds. The predicted octanol–water partition coefficient (Wildman–Crippen LogP) is 3.56. The van der Waals surface area contributed by atoms with Gasteiger partial charge < -0.3 is 5.32 Å². The normalized spacial score (nSPS) is 14.3. The third-order valence-electron chi connectivity index (χ3n) is 5.46. The van der Waals surface area contributed by atoms with Crippen LogP contribution in [0.2, 0.25) is 0 Å². The zero-order chi connectivity index (χ0) is 23.6. The Hall–Kier alpha value is -3.57. The van der Waals surface area contributed by atoms with Crippen molar-refractivity contribution in [1.82, 2.24) is 14.5 Å². The van der Waals surface area contributed by atoms with Crippen molar-refractivity contribution < 1.29 is 18.1 Å². The molecule has 0 spiro atoms. The van der Waals surface area contributed by atoms with E-state index < -0.39 is 20.9 Å². The number of carbonyl (C=O) groups excluding carboxylic acids is 1. The zero-order valence-corrected chi connectivity index (χ0v) is 18.7. The van der Waals surface area contributed by atoms with Crippen molar-refractivity contribution in [3.05, 3.63) is 76.0 Å². The van der Waals surface area contributed by atoms with Gasteiger partial charge in [0.2, 0.25) is 10.0 Å². The molecule has 0 aliphatic heterocycles. The number of benzene rings is 2. The second-order valence-corrected chi connectivity index (χ2v) is 9.65. The Bertz CT molecular complexity index is 1290. The van der Waals surface area contributed by atoms with Crippen LogP contribution in [-0.2, 0) is 10.0 Å². The van der Waals surface area contributed by atoms with Gasteiger partial charge in [0.1, 0.15) is 5.82 Å². The standard InChI is InChI=1S/C22H23N5O5S/c1-15-13-21(26(24-15)18-9-11-19(12-10-18)27(29)30)23-22(28)16-5-4-8-20(14-16)33(31,32)25-17-6-2-3-7-17/h4-5,8-14,17,25H,2-3,6-7H2,1H3,(H,23,28). The number of nitro groups is 1. The van der Waals surface area contributed by atoms with Gasteiger partial charge in [-0.1, -0.05) is 18.9 Å². The fourth-order valence-electron chi connectivity index (χ4n) is 3.82. The van der Waals surface area contributed by atoms with Crippen LogP contribution in [-0.4, -0.2) is 35.1 Å². The molecule has 33 heavy (non-hydrogen) atoms. The number of non-ortho nitro benzene ring substituents is 1. The molecule has 0 atom stereocenters. The van der Waals surface area contributed by atoms with E-state index in [0.717, 1.165) is 25.7 Å². The van der Waals surface area contributed by atoms with E-state index in [4.69, 9.17) is 0 Å². The third-order valence-corrected chi connectivity index (χ3v) is 6.98. The van der Waals surface area contributed by atoms with Gasteiger partial charge in [-0.25, -0.2) is 17.8 Å². The average molecular weight is 470 g/mol. The molecular formula is C22H23N5O5S. The van der Waals surface area contributed by atoms with E-state index in [1.807, 2.05) is 0 Å². The van der Waals surface area contributed by atoms with Crippen molar-refractivity contribution in [3.63, 3.8) is 0 Å². The van der Waals surface area contributed by atoms with E-state index in [-0.39, 0.29) is 22.2 Å². The monoisotopic (exact) mass is 469 g/mol. The van der Waals surface area contributed by atoms with Crippen LogP contribution in [0.1, 0.15) is 41.7 Å². The number of nitro benzene ring substituents is 1. The topological polar surface area (TPSA) is 136 Å². The maximum atomic E-state index is 12.9. The van der Waals surface area contributed by atoms with Crippen molar-refractivity contribution in [1.29, 1.82) is 0 Å². The first-order chi connectivity index (χ1) is 15.7. The molecule has 2 aromatic carbocycles. The van der Waals surface area contributed by atoms with Gasteiger partial charge >= 0.3 is 0 Å². The van der Waals surface area contributed by atoms with E-state index in [1.165, 1.54) is 53.2 Å². The van der Waals surface area contributed by atoms with Crippen molar-refractivity contribution in [2.45, 2.75) is 43.5 Å². The second-order valence-electron chi connectivity index (χ2n) is 7.94. The minimum atomic E-state index is -3.73. The Labute approximate surface area is 190 Å². The van der Waals surface area contributed by atoms with Crippen LogP contribution in [0.5, 0.6) is 0 Å². The number of rotatable bonds is 7. The number of anilines is 1. The molecule has 1 aliphatic carbocycles. The number of hydrogen-bond donors (Lipinski definition) is 2. The summed E-state index contributed by atoms with van der Waals surface area (Å²) in [7, 11) is -3.73. The molecule has 0 unspecified atom stereocenters. The maximum Gasteiger partial charge on any atom is 0.269 e. The van der Waals surface area contributed by atoms with Crippen molar-refractivity contribution >= 4 is 27.4 Å². The van der Waals surface area contributed by atoms with E-state index in [9.17, 15) is 23.3 Å². The molecule has 11 heteroatoms. The molecule has 1 heterocycles. The molecule has 1 saturated carbocycles. The molecule has 10 nitrogen and oxygen atoms in total. The van der Waals surface area contributed by atoms with Crippen LogP contribution in [0.25, 0.3) is 5.69 Å². The lowest BCUT2D eigenvalue weighted by Gasteiger charge is -2.13. The van der Waals surface area contributed by atoms with Crippen molar-refractivity contribution in [2.24, 2.45) is 0 Å². The summed E-state index contributed by atoms with van der Waals surface area (Å²) in [5, 5.41) is 18.0. The Morgan fingerprint density at radius 1 is 1.12 bits per heavy atom. The number of hydrogen-bond acceptors (Lipinski definition) is 6. The van der Waals surface area contributed by atoms with Crippen molar-refractivity contribution in [3.8, 4) is 5.69 Å². The van der Waals surface area contributed by atoms with Crippen LogP contribution in [0.3, 0.4) is 0 Å². The third kappa shape index (κ3) is 5.10. The number of aromatic nitrogens is 2. The molecule has 172 valence electrons. The summed E-state index contributed by atoms with van der Waals surface area (Å²) in [5.74, 6) is -0.153. The van der Waals surface area contributed by atoms with Gasteiger partial charge in [-0.15, -0.1) is 0 Å². The largest absolute Gasteiger partial charge is 0.306 e. The zero-order valence-electron chi connectivity index (χ0n) is 17.9. The lowest BCUT2D eigenvalue weighted by atomic mass is 10.2. The molecule has 0 bridgehead atoms. The molecule has 0 saturated heterocycles. The number of amides is 1. The van der Waals surface area contributed by atoms with Gasteiger partial charge in [0, 0.05) is 29.8 Å². The van der Waals surface area contributed by atoms with Gasteiger partial charge in [-0.2, -0.15) is 5.10 Å². The first-order valence-electron chi connectivity index (χ1n) is 10.5. The first-order valence-corrected chi connectivity index (χ1v) is 12.0. The summed E-state index contributed by atoms with van der Waals surface area (Å²) in [6.07, 6.45) is 3.62. The molecule has 1 fully saturated rings.